The molecule has 0 heterocycles. The molecular weight excluding hydrogens is 293 g/mol. The van der Waals surface area contributed by atoms with Gasteiger partial charge in [-0.25, -0.2) is 0 Å². The van der Waals surface area contributed by atoms with Crippen molar-refractivity contribution in [3.05, 3.63) is 33.8 Å². The maximum Gasteiger partial charge on any atom is 0.154 e. The van der Waals surface area contributed by atoms with Crippen molar-refractivity contribution in [2.24, 2.45) is 5.92 Å². The summed E-state index contributed by atoms with van der Waals surface area (Å²) in [5.74, 6) is -0.0870. The van der Waals surface area contributed by atoms with Crippen LogP contribution in [0.15, 0.2) is 18.2 Å². The van der Waals surface area contributed by atoms with Crippen LogP contribution in [-0.2, 0) is 4.79 Å². The zero-order chi connectivity index (χ0) is 14.5. The van der Waals surface area contributed by atoms with Gasteiger partial charge in [0.15, 0.2) is 5.78 Å². The quantitative estimate of drug-likeness (QED) is 0.755. The highest BCUT2D eigenvalue weighted by molar-refractivity contribution is 6.42. The van der Waals surface area contributed by atoms with Gasteiger partial charge in [-0.2, -0.15) is 5.26 Å². The number of halogens is 2. The topological polar surface area (TPSA) is 40.9 Å². The monoisotopic (exact) mass is 309 g/mol. The Kier molecular flexibility index (Phi) is 5.46. The van der Waals surface area contributed by atoms with Gasteiger partial charge < -0.3 is 0 Å². The zero-order valence-electron chi connectivity index (χ0n) is 11.2. The Labute approximate surface area is 129 Å². The second kappa shape index (κ2) is 7.11. The summed E-state index contributed by atoms with van der Waals surface area (Å²) in [6, 6.07) is 7.04. The smallest absolute Gasteiger partial charge is 0.154 e. The maximum atomic E-state index is 12.2. The van der Waals surface area contributed by atoms with Crippen LogP contribution in [0.4, 0.5) is 0 Å². The standard InChI is InChI=1S/C16H17Cl2NO/c17-14-7-6-12(9-15(14)18)13(10-19)16(20)8-5-11-3-1-2-4-11/h6-7,9,11,13H,1-5,8H2. The molecule has 0 amide bonds. The Bertz CT molecular complexity index is 530. The lowest BCUT2D eigenvalue weighted by molar-refractivity contribution is -0.119. The maximum absolute atomic E-state index is 12.2. The molecule has 1 aliphatic rings. The van der Waals surface area contributed by atoms with E-state index in [1.807, 2.05) is 0 Å². The number of hydrogen-bond donors (Lipinski definition) is 0. The molecule has 0 bridgehead atoms. The number of carbonyl (C=O) groups is 1. The summed E-state index contributed by atoms with van der Waals surface area (Å²) in [5.41, 5.74) is 0.637. The van der Waals surface area contributed by atoms with Crippen molar-refractivity contribution < 1.29 is 4.79 Å². The summed E-state index contributed by atoms with van der Waals surface area (Å²) in [5, 5.41) is 10.1. The zero-order valence-corrected chi connectivity index (χ0v) is 12.8. The largest absolute Gasteiger partial charge is 0.298 e. The van der Waals surface area contributed by atoms with Gasteiger partial charge in [0.05, 0.1) is 16.1 Å². The average molecular weight is 310 g/mol. The summed E-state index contributed by atoms with van der Waals surface area (Å²) in [7, 11) is 0. The SMILES string of the molecule is N#CC(C(=O)CCC1CCCC1)c1ccc(Cl)c(Cl)c1. The molecule has 1 aliphatic carbocycles. The minimum Gasteiger partial charge on any atom is -0.298 e. The van der Waals surface area contributed by atoms with Crippen LogP contribution in [0.3, 0.4) is 0 Å². The van der Waals surface area contributed by atoms with E-state index in [-0.39, 0.29) is 5.78 Å². The Hall–Kier alpha value is -1.04. The van der Waals surface area contributed by atoms with Crippen LogP contribution in [0.2, 0.25) is 10.0 Å². The van der Waals surface area contributed by atoms with Crippen LogP contribution in [0.1, 0.15) is 50.0 Å². The van der Waals surface area contributed by atoms with Gasteiger partial charge in [-0.05, 0) is 30.0 Å². The molecule has 0 aliphatic heterocycles. The van der Waals surface area contributed by atoms with Crippen LogP contribution >= 0.6 is 23.2 Å². The lowest BCUT2D eigenvalue weighted by Gasteiger charge is -2.12. The first-order chi connectivity index (χ1) is 9.61. The van der Waals surface area contributed by atoms with Crippen molar-refractivity contribution in [2.45, 2.75) is 44.4 Å². The molecule has 1 saturated carbocycles. The molecule has 0 aromatic heterocycles. The van der Waals surface area contributed by atoms with Crippen molar-refractivity contribution in [3.8, 4) is 6.07 Å². The molecule has 1 fully saturated rings. The number of nitrogens with zero attached hydrogens (tertiary/aromatic N) is 1. The van der Waals surface area contributed by atoms with Gasteiger partial charge in [-0.3, -0.25) is 4.79 Å². The van der Waals surface area contributed by atoms with Gasteiger partial charge in [0, 0.05) is 6.42 Å². The summed E-state index contributed by atoms with van der Waals surface area (Å²) < 4.78 is 0. The molecule has 1 aromatic carbocycles. The molecule has 2 nitrogen and oxygen atoms in total. The molecule has 4 heteroatoms. The molecule has 20 heavy (non-hydrogen) atoms. The summed E-state index contributed by atoms with van der Waals surface area (Å²) in [6.45, 7) is 0. The Morgan fingerprint density at radius 1 is 1.30 bits per heavy atom. The third kappa shape index (κ3) is 3.75. The summed E-state index contributed by atoms with van der Waals surface area (Å²) >= 11 is 11.8. The van der Waals surface area contributed by atoms with Gasteiger partial charge >= 0.3 is 0 Å². The van der Waals surface area contributed by atoms with Gasteiger partial charge in [-0.1, -0.05) is 55.0 Å². The van der Waals surface area contributed by atoms with E-state index in [1.165, 1.54) is 25.7 Å². The number of rotatable bonds is 5. The highest BCUT2D eigenvalue weighted by Crippen LogP contribution is 2.31. The fraction of sp³-hybridized carbons (Fsp3) is 0.500. The minimum absolute atomic E-state index is 0.0159. The summed E-state index contributed by atoms with van der Waals surface area (Å²) in [4.78, 5) is 12.2. The third-order valence-corrected chi connectivity index (χ3v) is 4.74. The lowest BCUT2D eigenvalue weighted by atomic mass is 9.91. The van der Waals surface area contributed by atoms with Crippen LogP contribution in [0.5, 0.6) is 0 Å². The first-order valence-corrected chi connectivity index (χ1v) is 7.74. The van der Waals surface area contributed by atoms with Crippen LogP contribution < -0.4 is 0 Å². The predicted octanol–water partition coefficient (Wildman–Crippen LogP) is 5.14. The van der Waals surface area contributed by atoms with Crippen molar-refractivity contribution in [2.75, 3.05) is 0 Å². The third-order valence-electron chi connectivity index (χ3n) is 4.00. The predicted molar refractivity (Wildman–Crippen MR) is 81.0 cm³/mol. The number of Topliss-reactive ketones (excluding diaryl/α,β-unsaturated/α-hetero) is 1. The van der Waals surface area contributed by atoms with E-state index in [0.29, 0.717) is 27.9 Å². The molecule has 1 unspecified atom stereocenters. The first-order valence-electron chi connectivity index (χ1n) is 6.99. The van der Waals surface area contributed by atoms with E-state index in [4.69, 9.17) is 23.2 Å². The van der Waals surface area contributed by atoms with Gasteiger partial charge in [-0.15, -0.1) is 0 Å². The second-order valence-electron chi connectivity index (χ2n) is 5.39. The molecule has 0 radical (unpaired) electrons. The molecule has 0 spiro atoms. The molecule has 1 aromatic rings. The Balaban J connectivity index is 2.01. The van der Waals surface area contributed by atoms with E-state index in [9.17, 15) is 10.1 Å². The fourth-order valence-corrected chi connectivity index (χ4v) is 3.12. The number of hydrogen-bond acceptors (Lipinski definition) is 2. The fourth-order valence-electron chi connectivity index (χ4n) is 2.81. The van der Waals surface area contributed by atoms with Crippen molar-refractivity contribution in [1.29, 1.82) is 5.26 Å². The average Bonchev–Trinajstić information content (AvgIpc) is 2.94. The molecular formula is C16H17Cl2NO. The van der Waals surface area contributed by atoms with Crippen LogP contribution in [-0.4, -0.2) is 5.78 Å². The number of carbonyl (C=O) groups excluding carboxylic acids is 1. The highest BCUT2D eigenvalue weighted by atomic mass is 35.5. The molecule has 2 rings (SSSR count). The first kappa shape index (κ1) is 15.4. The molecule has 1 atom stereocenters. The Morgan fingerprint density at radius 2 is 2.00 bits per heavy atom. The van der Waals surface area contributed by atoms with Gasteiger partial charge in [0.2, 0.25) is 0 Å². The number of benzene rings is 1. The minimum atomic E-state index is -0.730. The highest BCUT2D eigenvalue weighted by Gasteiger charge is 2.23. The van der Waals surface area contributed by atoms with E-state index in [2.05, 4.69) is 6.07 Å². The molecule has 0 saturated heterocycles. The summed E-state index contributed by atoms with van der Waals surface area (Å²) in [6.07, 6.45) is 6.36. The Morgan fingerprint density at radius 3 is 2.60 bits per heavy atom. The number of ketones is 1. The van der Waals surface area contributed by atoms with Gasteiger partial charge in [0.1, 0.15) is 5.92 Å². The van der Waals surface area contributed by atoms with Crippen molar-refractivity contribution >= 4 is 29.0 Å². The normalized spacial score (nSPS) is 16.9. The van der Waals surface area contributed by atoms with Crippen molar-refractivity contribution in [1.82, 2.24) is 0 Å². The van der Waals surface area contributed by atoms with Crippen LogP contribution in [0.25, 0.3) is 0 Å². The van der Waals surface area contributed by atoms with E-state index in [1.54, 1.807) is 18.2 Å². The van der Waals surface area contributed by atoms with E-state index >= 15 is 0 Å². The van der Waals surface area contributed by atoms with Gasteiger partial charge in [0.25, 0.3) is 0 Å². The van der Waals surface area contributed by atoms with E-state index in [0.717, 1.165) is 6.42 Å². The van der Waals surface area contributed by atoms with Crippen molar-refractivity contribution in [3.63, 3.8) is 0 Å². The lowest BCUT2D eigenvalue weighted by Crippen LogP contribution is -2.12. The second-order valence-corrected chi connectivity index (χ2v) is 6.21. The number of nitriles is 1. The molecule has 0 N–H and O–H groups in total. The van der Waals surface area contributed by atoms with Crippen LogP contribution in [0, 0.1) is 17.2 Å². The molecule has 106 valence electrons. The van der Waals surface area contributed by atoms with E-state index < -0.39 is 5.92 Å².